The van der Waals surface area contributed by atoms with E-state index in [9.17, 15) is 0 Å². The Morgan fingerprint density at radius 3 is 2.81 bits per heavy atom. The number of hydrogen-bond donors (Lipinski definition) is 1. The third-order valence-corrected chi connectivity index (χ3v) is 2.91. The van der Waals surface area contributed by atoms with Crippen molar-refractivity contribution in [1.82, 2.24) is 25.5 Å². The standard InChI is InChI=1S/C15H23N5O/c1-13(2)12-21-10-6-9-16-11-15-17-18-19-20(15)14-7-4-3-5-8-14/h3-5,7-8,13,16H,6,9-12H2,1-2H3. The summed E-state index contributed by atoms with van der Waals surface area (Å²) in [6, 6.07) is 9.89. The van der Waals surface area contributed by atoms with E-state index in [1.807, 2.05) is 30.3 Å². The molecule has 2 rings (SSSR count). The second kappa shape index (κ2) is 8.49. The van der Waals surface area contributed by atoms with Crippen molar-refractivity contribution >= 4 is 0 Å². The van der Waals surface area contributed by atoms with Crippen LogP contribution in [0.15, 0.2) is 30.3 Å². The Morgan fingerprint density at radius 2 is 2.05 bits per heavy atom. The molecular formula is C15H23N5O. The number of para-hydroxylation sites is 1. The van der Waals surface area contributed by atoms with Crippen LogP contribution >= 0.6 is 0 Å². The molecule has 1 aromatic heterocycles. The van der Waals surface area contributed by atoms with Gasteiger partial charge < -0.3 is 10.1 Å². The molecule has 0 aliphatic rings. The van der Waals surface area contributed by atoms with E-state index in [1.165, 1.54) is 0 Å². The van der Waals surface area contributed by atoms with Crippen LogP contribution in [0.5, 0.6) is 0 Å². The maximum atomic E-state index is 5.54. The van der Waals surface area contributed by atoms with Gasteiger partial charge >= 0.3 is 0 Å². The molecule has 21 heavy (non-hydrogen) atoms. The van der Waals surface area contributed by atoms with Crippen LogP contribution in [0.4, 0.5) is 0 Å². The van der Waals surface area contributed by atoms with E-state index in [0.29, 0.717) is 12.5 Å². The van der Waals surface area contributed by atoms with Gasteiger partial charge in [-0.1, -0.05) is 32.0 Å². The average molecular weight is 289 g/mol. The molecule has 1 aromatic carbocycles. The van der Waals surface area contributed by atoms with E-state index < -0.39 is 0 Å². The van der Waals surface area contributed by atoms with Crippen LogP contribution in [-0.4, -0.2) is 40.0 Å². The number of hydrogen-bond acceptors (Lipinski definition) is 5. The molecule has 0 unspecified atom stereocenters. The van der Waals surface area contributed by atoms with E-state index in [2.05, 4.69) is 34.7 Å². The first-order valence-electron chi connectivity index (χ1n) is 7.38. The topological polar surface area (TPSA) is 64.9 Å². The van der Waals surface area contributed by atoms with Gasteiger partial charge in [0.25, 0.3) is 0 Å². The van der Waals surface area contributed by atoms with Crippen molar-refractivity contribution in [3.05, 3.63) is 36.2 Å². The lowest BCUT2D eigenvalue weighted by Gasteiger charge is -2.08. The molecule has 0 saturated heterocycles. The van der Waals surface area contributed by atoms with Gasteiger partial charge in [0, 0.05) is 13.2 Å². The number of ether oxygens (including phenoxy) is 1. The van der Waals surface area contributed by atoms with Crippen molar-refractivity contribution in [1.29, 1.82) is 0 Å². The van der Waals surface area contributed by atoms with E-state index in [4.69, 9.17) is 4.74 Å². The van der Waals surface area contributed by atoms with Gasteiger partial charge in [-0.2, -0.15) is 4.68 Å². The second-order valence-electron chi connectivity index (χ2n) is 5.34. The molecule has 0 fully saturated rings. The van der Waals surface area contributed by atoms with E-state index in [-0.39, 0.29) is 0 Å². The maximum Gasteiger partial charge on any atom is 0.170 e. The van der Waals surface area contributed by atoms with Crippen LogP contribution in [0.2, 0.25) is 0 Å². The van der Waals surface area contributed by atoms with Crippen LogP contribution in [0.1, 0.15) is 26.1 Å². The number of aromatic nitrogens is 4. The van der Waals surface area contributed by atoms with Crippen molar-refractivity contribution in [2.24, 2.45) is 5.92 Å². The van der Waals surface area contributed by atoms with Crippen LogP contribution in [0.25, 0.3) is 5.69 Å². The molecule has 1 heterocycles. The Balaban J connectivity index is 1.71. The van der Waals surface area contributed by atoms with Crippen molar-refractivity contribution in [2.75, 3.05) is 19.8 Å². The molecule has 0 aliphatic carbocycles. The molecule has 6 nitrogen and oxygen atoms in total. The summed E-state index contributed by atoms with van der Waals surface area (Å²) in [6.45, 7) is 7.45. The summed E-state index contributed by atoms with van der Waals surface area (Å²) in [6.07, 6.45) is 0.986. The summed E-state index contributed by atoms with van der Waals surface area (Å²) < 4.78 is 7.29. The molecule has 0 aliphatic heterocycles. The summed E-state index contributed by atoms with van der Waals surface area (Å²) in [5.41, 5.74) is 0.972. The maximum absolute atomic E-state index is 5.54. The Labute approximate surface area is 125 Å². The molecule has 6 heteroatoms. The Morgan fingerprint density at radius 1 is 1.24 bits per heavy atom. The number of benzene rings is 1. The zero-order valence-electron chi connectivity index (χ0n) is 12.7. The third kappa shape index (κ3) is 5.24. The number of nitrogens with zero attached hydrogens (tertiary/aromatic N) is 4. The molecule has 114 valence electrons. The van der Waals surface area contributed by atoms with Gasteiger partial charge in [-0.15, -0.1) is 5.10 Å². The smallest absolute Gasteiger partial charge is 0.170 e. The van der Waals surface area contributed by atoms with Gasteiger partial charge in [0.05, 0.1) is 12.2 Å². The van der Waals surface area contributed by atoms with Crippen LogP contribution in [-0.2, 0) is 11.3 Å². The summed E-state index contributed by atoms with van der Waals surface area (Å²) in [4.78, 5) is 0. The van der Waals surface area contributed by atoms with Gasteiger partial charge in [-0.05, 0) is 41.4 Å². The fraction of sp³-hybridized carbons (Fsp3) is 0.533. The number of nitrogens with one attached hydrogen (secondary N) is 1. The lowest BCUT2D eigenvalue weighted by atomic mass is 10.2. The van der Waals surface area contributed by atoms with Gasteiger partial charge in [0.2, 0.25) is 0 Å². The largest absolute Gasteiger partial charge is 0.381 e. The van der Waals surface area contributed by atoms with Crippen molar-refractivity contribution < 1.29 is 4.74 Å². The molecule has 0 amide bonds. The highest BCUT2D eigenvalue weighted by molar-refractivity contribution is 5.30. The van der Waals surface area contributed by atoms with Gasteiger partial charge in [0.1, 0.15) is 0 Å². The van der Waals surface area contributed by atoms with E-state index in [1.54, 1.807) is 4.68 Å². The quantitative estimate of drug-likeness (QED) is 0.713. The first-order chi connectivity index (χ1) is 10.3. The van der Waals surface area contributed by atoms with Crippen molar-refractivity contribution in [3.63, 3.8) is 0 Å². The van der Waals surface area contributed by atoms with Crippen LogP contribution < -0.4 is 5.32 Å². The first-order valence-corrected chi connectivity index (χ1v) is 7.38. The van der Waals surface area contributed by atoms with E-state index in [0.717, 1.165) is 37.7 Å². The normalized spacial score (nSPS) is 11.2. The van der Waals surface area contributed by atoms with Crippen molar-refractivity contribution in [2.45, 2.75) is 26.8 Å². The first kappa shape index (κ1) is 15.6. The minimum Gasteiger partial charge on any atom is -0.381 e. The van der Waals surface area contributed by atoms with Crippen LogP contribution in [0.3, 0.4) is 0 Å². The minimum atomic E-state index is 0.591. The molecule has 0 radical (unpaired) electrons. The van der Waals surface area contributed by atoms with Gasteiger partial charge in [-0.25, -0.2) is 0 Å². The summed E-state index contributed by atoms with van der Waals surface area (Å²) in [7, 11) is 0. The molecule has 1 N–H and O–H groups in total. The Bertz CT molecular complexity index is 512. The monoisotopic (exact) mass is 289 g/mol. The second-order valence-corrected chi connectivity index (χ2v) is 5.34. The zero-order valence-corrected chi connectivity index (χ0v) is 12.7. The lowest BCUT2D eigenvalue weighted by molar-refractivity contribution is 0.108. The predicted octanol–water partition coefficient (Wildman–Crippen LogP) is 1.81. The Hall–Kier alpha value is -1.79. The molecule has 0 spiro atoms. The van der Waals surface area contributed by atoms with Crippen molar-refractivity contribution in [3.8, 4) is 5.69 Å². The summed E-state index contributed by atoms with van der Waals surface area (Å²) >= 11 is 0. The third-order valence-electron chi connectivity index (χ3n) is 2.91. The Kier molecular flexibility index (Phi) is 6.30. The average Bonchev–Trinajstić information content (AvgIpc) is 2.95. The fourth-order valence-corrected chi connectivity index (χ4v) is 1.90. The fourth-order valence-electron chi connectivity index (χ4n) is 1.90. The summed E-state index contributed by atoms with van der Waals surface area (Å²) in [5, 5.41) is 15.2. The SMILES string of the molecule is CC(C)COCCCNCc1nnnn1-c1ccccc1. The molecule has 0 bridgehead atoms. The zero-order chi connectivity index (χ0) is 14.9. The highest BCUT2D eigenvalue weighted by Gasteiger charge is 2.06. The van der Waals surface area contributed by atoms with Gasteiger partial charge in [-0.3, -0.25) is 0 Å². The minimum absolute atomic E-state index is 0.591. The number of rotatable bonds is 9. The summed E-state index contributed by atoms with van der Waals surface area (Å²) in [5.74, 6) is 1.40. The highest BCUT2D eigenvalue weighted by Crippen LogP contribution is 2.06. The number of tetrazole rings is 1. The molecule has 0 saturated carbocycles. The molecular weight excluding hydrogens is 266 g/mol. The van der Waals surface area contributed by atoms with E-state index >= 15 is 0 Å². The molecule has 0 atom stereocenters. The molecule has 2 aromatic rings. The highest BCUT2D eigenvalue weighted by atomic mass is 16.5. The lowest BCUT2D eigenvalue weighted by Crippen LogP contribution is -2.19. The van der Waals surface area contributed by atoms with Crippen LogP contribution in [0, 0.1) is 5.92 Å². The predicted molar refractivity (Wildman–Crippen MR) is 81.1 cm³/mol. The van der Waals surface area contributed by atoms with Gasteiger partial charge in [0.15, 0.2) is 5.82 Å².